The number of aromatic nitrogens is 3. The molecule has 0 bridgehead atoms. The maximum absolute atomic E-state index is 13.4. The number of hydrogen-bond donors (Lipinski definition) is 0. The summed E-state index contributed by atoms with van der Waals surface area (Å²) in [5, 5.41) is 8.83. The van der Waals surface area contributed by atoms with E-state index in [4.69, 9.17) is 16.3 Å². The van der Waals surface area contributed by atoms with E-state index >= 15 is 0 Å². The molecule has 5 nitrogen and oxygen atoms in total. The summed E-state index contributed by atoms with van der Waals surface area (Å²) in [6, 6.07) is 14.8. The standard InChI is InChI=1S/C20H20ClFN4O/c1-25-19(23-24-20(25)14-5-3-2-4-6-14)13-26-9-10-27-18(12-26)15-7-8-17(22)16(21)11-15/h2-8,11,18H,9-10,12-13H2,1H3/t18-/m0/s1. The maximum Gasteiger partial charge on any atom is 0.163 e. The largest absolute Gasteiger partial charge is 0.371 e. The Morgan fingerprint density at radius 1 is 1.19 bits per heavy atom. The molecule has 0 N–H and O–H groups in total. The molecule has 3 aromatic rings. The predicted octanol–water partition coefficient (Wildman–Crippen LogP) is 3.85. The minimum atomic E-state index is -0.416. The fourth-order valence-corrected chi connectivity index (χ4v) is 3.49. The molecule has 2 aromatic carbocycles. The van der Waals surface area contributed by atoms with Gasteiger partial charge in [-0.3, -0.25) is 4.90 Å². The summed E-state index contributed by atoms with van der Waals surface area (Å²) in [4.78, 5) is 2.27. The Labute approximate surface area is 162 Å². The lowest BCUT2D eigenvalue weighted by Crippen LogP contribution is -2.38. The van der Waals surface area contributed by atoms with E-state index < -0.39 is 5.82 Å². The van der Waals surface area contributed by atoms with E-state index in [1.165, 1.54) is 6.07 Å². The number of hydrogen-bond acceptors (Lipinski definition) is 4. The summed E-state index contributed by atoms with van der Waals surface area (Å²) in [6.45, 7) is 2.77. The van der Waals surface area contributed by atoms with Crippen LogP contribution < -0.4 is 0 Å². The van der Waals surface area contributed by atoms with Gasteiger partial charge in [-0.05, 0) is 17.7 Å². The molecule has 1 aromatic heterocycles. The van der Waals surface area contributed by atoms with Crippen molar-refractivity contribution in [1.29, 1.82) is 0 Å². The van der Waals surface area contributed by atoms with Crippen molar-refractivity contribution in [3.05, 3.63) is 70.8 Å². The Balaban J connectivity index is 1.48. The van der Waals surface area contributed by atoms with Crippen LogP contribution >= 0.6 is 11.6 Å². The summed E-state index contributed by atoms with van der Waals surface area (Å²) >= 11 is 5.92. The van der Waals surface area contributed by atoms with Gasteiger partial charge in [0, 0.05) is 25.7 Å². The fraction of sp³-hybridized carbons (Fsp3) is 0.300. The van der Waals surface area contributed by atoms with Crippen LogP contribution in [-0.4, -0.2) is 39.4 Å². The number of benzene rings is 2. The van der Waals surface area contributed by atoms with Crippen LogP contribution in [0, 0.1) is 5.82 Å². The van der Waals surface area contributed by atoms with Crippen molar-refractivity contribution >= 4 is 11.6 Å². The van der Waals surface area contributed by atoms with Gasteiger partial charge in [-0.2, -0.15) is 0 Å². The van der Waals surface area contributed by atoms with Gasteiger partial charge >= 0.3 is 0 Å². The van der Waals surface area contributed by atoms with Gasteiger partial charge in [0.05, 0.1) is 24.3 Å². The van der Waals surface area contributed by atoms with E-state index in [9.17, 15) is 4.39 Å². The smallest absolute Gasteiger partial charge is 0.163 e. The molecule has 0 aliphatic carbocycles. The Kier molecular flexibility index (Phi) is 5.20. The topological polar surface area (TPSA) is 43.2 Å². The van der Waals surface area contributed by atoms with Crippen molar-refractivity contribution in [3.8, 4) is 11.4 Å². The van der Waals surface area contributed by atoms with Crippen LogP contribution in [0.1, 0.15) is 17.5 Å². The minimum Gasteiger partial charge on any atom is -0.371 e. The summed E-state index contributed by atoms with van der Waals surface area (Å²) < 4.78 is 21.3. The third kappa shape index (κ3) is 3.88. The van der Waals surface area contributed by atoms with Crippen molar-refractivity contribution in [3.63, 3.8) is 0 Å². The van der Waals surface area contributed by atoms with Gasteiger partial charge < -0.3 is 9.30 Å². The lowest BCUT2D eigenvalue weighted by Gasteiger charge is -2.32. The second-order valence-electron chi connectivity index (χ2n) is 6.63. The highest BCUT2D eigenvalue weighted by molar-refractivity contribution is 6.30. The normalized spacial score (nSPS) is 18.0. The maximum atomic E-state index is 13.4. The van der Waals surface area contributed by atoms with Gasteiger partial charge in [-0.1, -0.05) is 48.0 Å². The predicted molar refractivity (Wildman–Crippen MR) is 102 cm³/mol. The Bertz CT molecular complexity index is 931. The van der Waals surface area contributed by atoms with Gasteiger partial charge in [0.25, 0.3) is 0 Å². The molecule has 1 fully saturated rings. The molecule has 140 valence electrons. The van der Waals surface area contributed by atoms with Crippen LogP contribution in [0.5, 0.6) is 0 Å². The van der Waals surface area contributed by atoms with Crippen molar-refractivity contribution in [1.82, 2.24) is 19.7 Å². The first-order chi connectivity index (χ1) is 13.1. The molecule has 1 aliphatic heterocycles. The Morgan fingerprint density at radius 3 is 2.78 bits per heavy atom. The molecule has 0 radical (unpaired) electrons. The average molecular weight is 387 g/mol. The second kappa shape index (κ2) is 7.76. The molecular weight excluding hydrogens is 367 g/mol. The highest BCUT2D eigenvalue weighted by Gasteiger charge is 2.24. The SMILES string of the molecule is Cn1c(CN2CCO[C@H](c3ccc(F)c(Cl)c3)C2)nnc1-c1ccccc1. The van der Waals surface area contributed by atoms with E-state index in [-0.39, 0.29) is 11.1 Å². The van der Waals surface area contributed by atoms with E-state index in [1.54, 1.807) is 12.1 Å². The Morgan fingerprint density at radius 2 is 2.00 bits per heavy atom. The molecule has 2 heterocycles. The van der Waals surface area contributed by atoms with Crippen molar-refractivity contribution < 1.29 is 9.13 Å². The van der Waals surface area contributed by atoms with Gasteiger partial charge in [-0.25, -0.2) is 4.39 Å². The van der Waals surface area contributed by atoms with Crippen LogP contribution in [0.4, 0.5) is 4.39 Å². The quantitative estimate of drug-likeness (QED) is 0.683. The number of halogens is 2. The van der Waals surface area contributed by atoms with E-state index in [1.807, 2.05) is 41.9 Å². The van der Waals surface area contributed by atoms with E-state index in [0.29, 0.717) is 19.7 Å². The minimum absolute atomic E-state index is 0.119. The van der Waals surface area contributed by atoms with E-state index in [0.717, 1.165) is 29.3 Å². The fourth-order valence-electron chi connectivity index (χ4n) is 3.30. The number of morpholine rings is 1. The number of ether oxygens (including phenoxy) is 1. The average Bonchev–Trinajstić information content (AvgIpc) is 3.05. The van der Waals surface area contributed by atoms with Gasteiger partial charge in [-0.15, -0.1) is 10.2 Å². The molecular formula is C20H20ClFN4O. The molecule has 0 saturated carbocycles. The highest BCUT2D eigenvalue weighted by Crippen LogP contribution is 2.27. The number of rotatable bonds is 4. The molecule has 27 heavy (non-hydrogen) atoms. The highest BCUT2D eigenvalue weighted by atomic mass is 35.5. The summed E-state index contributed by atoms with van der Waals surface area (Å²) in [7, 11) is 1.98. The first-order valence-electron chi connectivity index (χ1n) is 8.84. The zero-order valence-corrected chi connectivity index (χ0v) is 15.7. The zero-order chi connectivity index (χ0) is 18.8. The summed E-state index contributed by atoms with van der Waals surface area (Å²) in [5.41, 5.74) is 1.92. The molecule has 4 rings (SSSR count). The molecule has 7 heteroatoms. The van der Waals surface area contributed by atoms with Crippen LogP contribution in [0.2, 0.25) is 5.02 Å². The second-order valence-corrected chi connectivity index (χ2v) is 7.04. The molecule has 0 spiro atoms. The first kappa shape index (κ1) is 18.1. The van der Waals surface area contributed by atoms with Crippen molar-refractivity contribution in [2.75, 3.05) is 19.7 Å². The van der Waals surface area contributed by atoms with Crippen LogP contribution in [-0.2, 0) is 18.3 Å². The van der Waals surface area contributed by atoms with Gasteiger partial charge in [0.2, 0.25) is 0 Å². The van der Waals surface area contributed by atoms with Gasteiger partial charge in [0.15, 0.2) is 5.82 Å². The monoisotopic (exact) mass is 386 g/mol. The molecule has 0 amide bonds. The zero-order valence-electron chi connectivity index (χ0n) is 15.0. The van der Waals surface area contributed by atoms with Crippen molar-refractivity contribution in [2.24, 2.45) is 7.05 Å². The first-order valence-corrected chi connectivity index (χ1v) is 9.22. The van der Waals surface area contributed by atoms with Crippen LogP contribution in [0.25, 0.3) is 11.4 Å². The lowest BCUT2D eigenvalue weighted by molar-refractivity contribution is -0.0339. The van der Waals surface area contributed by atoms with Gasteiger partial charge in [0.1, 0.15) is 11.6 Å². The Hall–Kier alpha value is -2.28. The molecule has 1 aliphatic rings. The third-order valence-corrected chi connectivity index (χ3v) is 5.12. The summed E-state index contributed by atoms with van der Waals surface area (Å²) in [5.74, 6) is 1.33. The van der Waals surface area contributed by atoms with E-state index in [2.05, 4.69) is 15.1 Å². The molecule has 0 unspecified atom stereocenters. The van der Waals surface area contributed by atoms with Crippen LogP contribution in [0.15, 0.2) is 48.5 Å². The molecule has 1 saturated heterocycles. The van der Waals surface area contributed by atoms with Crippen LogP contribution in [0.3, 0.4) is 0 Å². The number of nitrogens with zero attached hydrogens (tertiary/aromatic N) is 4. The lowest BCUT2D eigenvalue weighted by atomic mass is 10.1. The van der Waals surface area contributed by atoms with Crippen molar-refractivity contribution in [2.45, 2.75) is 12.6 Å². The molecule has 1 atom stereocenters. The summed E-state index contributed by atoms with van der Waals surface area (Å²) in [6.07, 6.45) is -0.140. The third-order valence-electron chi connectivity index (χ3n) is 4.83.